The van der Waals surface area contributed by atoms with E-state index in [2.05, 4.69) is 16.4 Å². The summed E-state index contributed by atoms with van der Waals surface area (Å²) in [5.74, 6) is 0.836. The molecule has 3 aromatic rings. The van der Waals surface area contributed by atoms with Crippen LogP contribution in [-0.2, 0) is 6.54 Å². The minimum absolute atomic E-state index is 0.144. The number of imidazole rings is 1. The number of carbonyl (C=O) groups is 1. The molecule has 25 heavy (non-hydrogen) atoms. The van der Waals surface area contributed by atoms with Gasteiger partial charge in [0.25, 0.3) is 5.91 Å². The lowest BCUT2D eigenvalue weighted by molar-refractivity contribution is 0.0915. The van der Waals surface area contributed by atoms with Gasteiger partial charge in [0, 0.05) is 18.0 Å². The standard InChI is InChI=1S/C18H16N4O3/c1-24-16-5-3-2-4-14(16)15(10-19)21-18(23)17-7-6-13(25-17)11-22-9-8-20-12-22/h2-9,12,15H,11H2,1H3,(H,21,23)/t15-/m1/s1. The summed E-state index contributed by atoms with van der Waals surface area (Å²) >= 11 is 0. The van der Waals surface area contributed by atoms with Crippen molar-refractivity contribution in [3.63, 3.8) is 0 Å². The number of ether oxygens (including phenoxy) is 1. The van der Waals surface area contributed by atoms with Gasteiger partial charge in [0.2, 0.25) is 0 Å². The maximum Gasteiger partial charge on any atom is 0.288 e. The van der Waals surface area contributed by atoms with Crippen molar-refractivity contribution in [3.8, 4) is 11.8 Å². The van der Waals surface area contributed by atoms with Crippen molar-refractivity contribution < 1.29 is 13.9 Å². The van der Waals surface area contributed by atoms with Gasteiger partial charge in [-0.05, 0) is 18.2 Å². The first-order valence-electron chi connectivity index (χ1n) is 7.59. The monoisotopic (exact) mass is 336 g/mol. The van der Waals surface area contributed by atoms with E-state index < -0.39 is 11.9 Å². The van der Waals surface area contributed by atoms with E-state index >= 15 is 0 Å². The topological polar surface area (TPSA) is 93.1 Å². The average molecular weight is 336 g/mol. The van der Waals surface area contributed by atoms with Gasteiger partial charge < -0.3 is 19.0 Å². The van der Waals surface area contributed by atoms with E-state index in [1.807, 2.05) is 4.57 Å². The Bertz CT molecular complexity index is 893. The molecule has 0 aliphatic heterocycles. The number of benzene rings is 1. The van der Waals surface area contributed by atoms with Gasteiger partial charge in [-0.1, -0.05) is 18.2 Å². The van der Waals surface area contributed by atoms with Crippen molar-refractivity contribution in [1.29, 1.82) is 5.26 Å². The van der Waals surface area contributed by atoms with Crippen molar-refractivity contribution in [1.82, 2.24) is 14.9 Å². The first kappa shape index (κ1) is 16.3. The fraction of sp³-hybridized carbons (Fsp3) is 0.167. The fourth-order valence-electron chi connectivity index (χ4n) is 2.43. The lowest BCUT2D eigenvalue weighted by atomic mass is 10.1. The molecular weight excluding hydrogens is 320 g/mol. The molecule has 1 amide bonds. The van der Waals surface area contributed by atoms with Gasteiger partial charge in [0.15, 0.2) is 5.76 Å². The molecule has 0 aliphatic rings. The predicted octanol–water partition coefficient (Wildman–Crippen LogP) is 2.53. The van der Waals surface area contributed by atoms with Crippen LogP contribution in [0.1, 0.15) is 27.9 Å². The molecule has 0 saturated heterocycles. The Morgan fingerprint density at radius 2 is 2.24 bits per heavy atom. The third-order valence-electron chi connectivity index (χ3n) is 3.64. The van der Waals surface area contributed by atoms with Crippen LogP contribution in [0.3, 0.4) is 0 Å². The average Bonchev–Trinajstić information content (AvgIpc) is 3.32. The van der Waals surface area contributed by atoms with Gasteiger partial charge in [0.1, 0.15) is 17.6 Å². The number of nitrogens with zero attached hydrogens (tertiary/aromatic N) is 3. The normalized spacial score (nSPS) is 11.5. The lowest BCUT2D eigenvalue weighted by Gasteiger charge is -2.14. The number of methoxy groups -OCH3 is 1. The zero-order chi connectivity index (χ0) is 17.6. The molecule has 1 N–H and O–H groups in total. The molecule has 0 unspecified atom stereocenters. The van der Waals surface area contributed by atoms with Crippen LogP contribution in [0.15, 0.2) is 59.5 Å². The summed E-state index contributed by atoms with van der Waals surface area (Å²) in [4.78, 5) is 16.3. The Balaban J connectivity index is 1.72. The fourth-order valence-corrected chi connectivity index (χ4v) is 2.43. The molecule has 3 rings (SSSR count). The Labute approximate surface area is 144 Å². The Kier molecular flexibility index (Phi) is 4.81. The molecular formula is C18H16N4O3. The largest absolute Gasteiger partial charge is 0.496 e. The molecule has 0 saturated carbocycles. The molecule has 2 aromatic heterocycles. The smallest absolute Gasteiger partial charge is 0.288 e. The van der Waals surface area contributed by atoms with Crippen molar-refractivity contribution >= 4 is 5.91 Å². The number of nitriles is 1. The highest BCUT2D eigenvalue weighted by Crippen LogP contribution is 2.24. The zero-order valence-corrected chi connectivity index (χ0v) is 13.5. The summed E-state index contributed by atoms with van der Waals surface area (Å²) < 4.78 is 12.6. The second-order valence-corrected chi connectivity index (χ2v) is 5.28. The number of amides is 1. The molecule has 7 heteroatoms. The van der Waals surface area contributed by atoms with Gasteiger partial charge >= 0.3 is 0 Å². The molecule has 1 aromatic carbocycles. The van der Waals surface area contributed by atoms with Crippen molar-refractivity contribution in [2.45, 2.75) is 12.6 Å². The Morgan fingerprint density at radius 1 is 1.40 bits per heavy atom. The molecule has 0 bridgehead atoms. The second-order valence-electron chi connectivity index (χ2n) is 5.28. The lowest BCUT2D eigenvalue weighted by Crippen LogP contribution is -2.27. The SMILES string of the molecule is COc1ccccc1[C@@H](C#N)NC(=O)c1ccc(Cn2ccnc2)o1. The summed E-state index contributed by atoms with van der Waals surface area (Å²) in [6.07, 6.45) is 5.13. The summed E-state index contributed by atoms with van der Waals surface area (Å²) in [5.41, 5.74) is 0.589. The number of hydrogen-bond donors (Lipinski definition) is 1. The van der Waals surface area contributed by atoms with E-state index in [4.69, 9.17) is 9.15 Å². The van der Waals surface area contributed by atoms with Gasteiger partial charge in [-0.2, -0.15) is 5.26 Å². The zero-order valence-electron chi connectivity index (χ0n) is 13.5. The van der Waals surface area contributed by atoms with Gasteiger partial charge in [-0.3, -0.25) is 4.79 Å². The first-order valence-corrected chi connectivity index (χ1v) is 7.59. The van der Waals surface area contributed by atoms with Crippen LogP contribution in [0, 0.1) is 11.3 Å². The van der Waals surface area contributed by atoms with Crippen molar-refractivity contribution in [2.24, 2.45) is 0 Å². The third kappa shape index (κ3) is 3.70. The molecule has 2 heterocycles. The first-order chi connectivity index (χ1) is 12.2. The molecule has 0 fully saturated rings. The van der Waals surface area contributed by atoms with Crippen LogP contribution in [-0.4, -0.2) is 22.6 Å². The summed E-state index contributed by atoms with van der Waals surface area (Å²) in [6, 6.07) is 11.6. The summed E-state index contributed by atoms with van der Waals surface area (Å²) in [5, 5.41) is 12.1. The summed E-state index contributed by atoms with van der Waals surface area (Å²) in [7, 11) is 1.52. The quantitative estimate of drug-likeness (QED) is 0.746. The molecule has 7 nitrogen and oxygen atoms in total. The van der Waals surface area contributed by atoms with Crippen LogP contribution in [0.5, 0.6) is 5.75 Å². The predicted molar refractivity (Wildman–Crippen MR) is 88.9 cm³/mol. The number of aromatic nitrogens is 2. The number of carbonyl (C=O) groups excluding carboxylic acids is 1. The molecule has 1 atom stereocenters. The van der Waals surface area contributed by atoms with Crippen molar-refractivity contribution in [2.75, 3.05) is 7.11 Å². The Morgan fingerprint density at radius 3 is 2.96 bits per heavy atom. The maximum atomic E-state index is 12.4. The molecule has 0 spiro atoms. The van der Waals surface area contributed by atoms with E-state index in [-0.39, 0.29) is 5.76 Å². The van der Waals surface area contributed by atoms with Crippen LogP contribution >= 0.6 is 0 Å². The van der Waals surface area contributed by atoms with E-state index in [1.54, 1.807) is 55.1 Å². The van der Waals surface area contributed by atoms with Crippen LogP contribution in [0.25, 0.3) is 0 Å². The highest BCUT2D eigenvalue weighted by molar-refractivity contribution is 5.92. The van der Waals surface area contributed by atoms with Crippen molar-refractivity contribution in [3.05, 3.63) is 72.2 Å². The number of furan rings is 1. The van der Waals surface area contributed by atoms with Crippen LogP contribution in [0.2, 0.25) is 0 Å². The van der Waals surface area contributed by atoms with E-state index in [1.165, 1.54) is 7.11 Å². The second kappa shape index (κ2) is 7.36. The molecule has 0 radical (unpaired) electrons. The highest BCUT2D eigenvalue weighted by atomic mass is 16.5. The summed E-state index contributed by atoms with van der Waals surface area (Å²) in [6.45, 7) is 0.474. The molecule has 0 aliphatic carbocycles. The minimum Gasteiger partial charge on any atom is -0.496 e. The number of rotatable bonds is 6. The number of nitrogens with one attached hydrogen (secondary N) is 1. The molecule has 126 valence electrons. The highest BCUT2D eigenvalue weighted by Gasteiger charge is 2.20. The van der Waals surface area contributed by atoms with Crippen LogP contribution in [0.4, 0.5) is 0 Å². The number of hydrogen-bond acceptors (Lipinski definition) is 5. The number of para-hydroxylation sites is 1. The minimum atomic E-state index is -0.842. The van der Waals surface area contributed by atoms with E-state index in [9.17, 15) is 10.1 Å². The maximum absolute atomic E-state index is 12.4. The van der Waals surface area contributed by atoms with E-state index in [0.29, 0.717) is 23.6 Å². The van der Waals surface area contributed by atoms with Gasteiger partial charge in [-0.15, -0.1) is 0 Å². The van der Waals surface area contributed by atoms with Crippen LogP contribution < -0.4 is 10.1 Å². The third-order valence-corrected chi connectivity index (χ3v) is 3.64. The van der Waals surface area contributed by atoms with E-state index in [0.717, 1.165) is 0 Å². The van der Waals surface area contributed by atoms with Gasteiger partial charge in [0.05, 0.1) is 26.1 Å². The Hall–Kier alpha value is -3.53. The van der Waals surface area contributed by atoms with Gasteiger partial charge in [-0.25, -0.2) is 4.98 Å².